The van der Waals surface area contributed by atoms with Crippen molar-refractivity contribution in [2.45, 2.75) is 11.8 Å². The van der Waals surface area contributed by atoms with E-state index in [0.29, 0.717) is 16.6 Å². The molecular weight excluding hydrogens is 449 g/mol. The number of hydrogen-bond donors (Lipinski definition) is 2. The van der Waals surface area contributed by atoms with Crippen molar-refractivity contribution < 1.29 is 14.6 Å². The van der Waals surface area contributed by atoms with Gasteiger partial charge in [-0.05, 0) is 42.8 Å². The standard InChI is InChI=1S/C19H13Cl2N5O3S/c1-10-6-15(26-30(28,29)11-2-3-13(20)14(21)7-11)17(23-8-10)18(27)16-12-4-5-22-19(12)25-9-24-16/h2-9,26H,1H3,(H,22,24,25)/i3D. The number of ketones is 1. The first-order valence-electron chi connectivity index (χ1n) is 8.95. The van der Waals surface area contributed by atoms with Gasteiger partial charge >= 0.3 is 0 Å². The molecule has 2 N–H and O–H groups in total. The average Bonchev–Trinajstić information content (AvgIpc) is 3.20. The molecule has 0 radical (unpaired) electrons. The van der Waals surface area contributed by atoms with Crippen molar-refractivity contribution in [2.24, 2.45) is 0 Å². The van der Waals surface area contributed by atoms with Crippen LogP contribution in [-0.4, -0.2) is 34.1 Å². The van der Waals surface area contributed by atoms with Gasteiger partial charge < -0.3 is 4.98 Å². The third kappa shape index (κ3) is 3.74. The van der Waals surface area contributed by atoms with Crippen LogP contribution < -0.4 is 4.72 Å². The van der Waals surface area contributed by atoms with Gasteiger partial charge in [0.15, 0.2) is 0 Å². The van der Waals surface area contributed by atoms with Gasteiger partial charge in [-0.2, -0.15) is 0 Å². The fourth-order valence-electron chi connectivity index (χ4n) is 2.79. The summed E-state index contributed by atoms with van der Waals surface area (Å²) in [4.78, 5) is 28.0. The summed E-state index contributed by atoms with van der Waals surface area (Å²) in [6, 6.07) is 5.07. The summed E-state index contributed by atoms with van der Waals surface area (Å²) in [5.74, 6) is -0.583. The Morgan fingerprint density at radius 3 is 2.70 bits per heavy atom. The molecule has 0 saturated carbocycles. The molecule has 4 rings (SSSR count). The van der Waals surface area contributed by atoms with Gasteiger partial charge in [-0.25, -0.2) is 18.4 Å². The first-order valence-corrected chi connectivity index (χ1v) is 10.7. The van der Waals surface area contributed by atoms with Gasteiger partial charge in [0.25, 0.3) is 10.0 Å². The predicted octanol–water partition coefficient (Wildman–Crippen LogP) is 4.00. The van der Waals surface area contributed by atoms with E-state index in [-0.39, 0.29) is 38.1 Å². The highest BCUT2D eigenvalue weighted by Gasteiger charge is 2.24. The quantitative estimate of drug-likeness (QED) is 0.432. The van der Waals surface area contributed by atoms with Crippen molar-refractivity contribution >= 4 is 55.7 Å². The number of benzene rings is 1. The molecule has 152 valence electrons. The number of carbonyl (C=O) groups excluding carboxylic acids is 1. The van der Waals surface area contributed by atoms with Crippen LogP contribution in [0.2, 0.25) is 10.0 Å². The van der Waals surface area contributed by atoms with Crippen molar-refractivity contribution in [1.29, 1.82) is 0 Å². The van der Waals surface area contributed by atoms with Gasteiger partial charge in [-0.1, -0.05) is 23.2 Å². The minimum Gasteiger partial charge on any atom is -0.346 e. The number of H-pyrrole nitrogens is 1. The molecule has 0 spiro atoms. The first-order chi connectivity index (χ1) is 14.7. The number of nitrogens with one attached hydrogen (secondary N) is 2. The molecular formula is C19H13Cl2N5O3S. The molecule has 0 amide bonds. The third-order valence-corrected chi connectivity index (χ3v) is 6.24. The lowest BCUT2D eigenvalue weighted by molar-refractivity contribution is 0.103. The van der Waals surface area contributed by atoms with Crippen molar-refractivity contribution in [1.82, 2.24) is 19.9 Å². The number of carbonyl (C=O) groups is 1. The monoisotopic (exact) mass is 462 g/mol. The van der Waals surface area contributed by atoms with Gasteiger partial charge in [0.05, 0.1) is 22.0 Å². The number of rotatable bonds is 5. The second-order valence-electron chi connectivity index (χ2n) is 6.30. The number of fused-ring (bicyclic) bond motifs is 1. The molecule has 11 heteroatoms. The number of pyridine rings is 1. The van der Waals surface area contributed by atoms with Crippen LogP contribution in [0.15, 0.2) is 53.9 Å². The molecule has 1 aromatic carbocycles. The molecule has 0 aliphatic rings. The van der Waals surface area contributed by atoms with Crippen molar-refractivity contribution in [3.63, 3.8) is 0 Å². The first kappa shape index (κ1) is 19.0. The SMILES string of the molecule is [2H]c1cc(S(=O)(=O)Nc2cc(C)cnc2C(=O)c2ncnc3[nH]ccc23)cc(Cl)c1Cl. The number of anilines is 1. The van der Waals surface area contributed by atoms with Gasteiger partial charge in [0.2, 0.25) is 5.78 Å². The molecule has 3 heterocycles. The summed E-state index contributed by atoms with van der Waals surface area (Å²) >= 11 is 11.8. The summed E-state index contributed by atoms with van der Waals surface area (Å²) < 4.78 is 36.0. The van der Waals surface area contributed by atoms with Crippen LogP contribution in [0, 0.1) is 6.92 Å². The molecule has 30 heavy (non-hydrogen) atoms. The van der Waals surface area contributed by atoms with Crippen LogP contribution in [0.1, 0.15) is 23.1 Å². The van der Waals surface area contributed by atoms with Crippen molar-refractivity contribution in [3.05, 3.63) is 76.0 Å². The van der Waals surface area contributed by atoms with Crippen LogP contribution in [-0.2, 0) is 10.0 Å². The summed E-state index contributed by atoms with van der Waals surface area (Å²) in [6.07, 6.45) is 4.29. The van der Waals surface area contributed by atoms with Crippen molar-refractivity contribution in [3.8, 4) is 0 Å². The smallest absolute Gasteiger partial charge is 0.262 e. The molecule has 0 aliphatic heterocycles. The highest BCUT2D eigenvalue weighted by molar-refractivity contribution is 7.92. The van der Waals surface area contributed by atoms with E-state index in [1.54, 1.807) is 19.2 Å². The topological polar surface area (TPSA) is 118 Å². The fraction of sp³-hybridized carbons (Fsp3) is 0.0526. The highest BCUT2D eigenvalue weighted by Crippen LogP contribution is 2.28. The predicted molar refractivity (Wildman–Crippen MR) is 114 cm³/mol. The fourth-order valence-corrected chi connectivity index (χ4v) is 4.18. The van der Waals surface area contributed by atoms with Gasteiger partial charge in [-0.3, -0.25) is 14.5 Å². The second-order valence-corrected chi connectivity index (χ2v) is 8.77. The van der Waals surface area contributed by atoms with Gasteiger partial charge in [0.1, 0.15) is 23.4 Å². The van der Waals surface area contributed by atoms with Crippen LogP contribution in [0.3, 0.4) is 0 Å². The van der Waals surface area contributed by atoms with Crippen LogP contribution >= 0.6 is 23.2 Å². The Morgan fingerprint density at radius 1 is 1.13 bits per heavy atom. The Hall–Kier alpha value is -3.01. The molecule has 0 aliphatic carbocycles. The highest BCUT2D eigenvalue weighted by atomic mass is 35.5. The van der Waals surface area contributed by atoms with E-state index in [2.05, 4.69) is 24.7 Å². The van der Waals surface area contributed by atoms with Crippen LogP contribution in [0.5, 0.6) is 0 Å². The van der Waals surface area contributed by atoms with Crippen LogP contribution in [0.4, 0.5) is 5.69 Å². The number of sulfonamides is 1. The van der Waals surface area contributed by atoms with E-state index in [1.165, 1.54) is 18.6 Å². The van der Waals surface area contributed by atoms with Crippen molar-refractivity contribution in [2.75, 3.05) is 4.72 Å². The zero-order valence-corrected chi connectivity index (χ0v) is 17.6. The van der Waals surface area contributed by atoms with E-state index in [0.717, 1.165) is 12.1 Å². The second kappa shape index (κ2) is 7.67. The Kier molecular flexibility index (Phi) is 4.86. The molecule has 8 nitrogen and oxygen atoms in total. The number of hydrogen-bond acceptors (Lipinski definition) is 6. The van der Waals surface area contributed by atoms with E-state index in [9.17, 15) is 13.2 Å². The molecule has 0 bridgehead atoms. The van der Waals surface area contributed by atoms with E-state index >= 15 is 0 Å². The largest absolute Gasteiger partial charge is 0.346 e. The Bertz CT molecular complexity index is 1430. The van der Waals surface area contributed by atoms with Crippen LogP contribution in [0.25, 0.3) is 11.0 Å². The van der Waals surface area contributed by atoms with E-state index in [1.807, 2.05) is 0 Å². The maximum atomic E-state index is 13.2. The molecule has 3 aromatic heterocycles. The molecule has 0 fully saturated rings. The number of halogens is 2. The number of aromatic nitrogens is 4. The number of nitrogens with zero attached hydrogens (tertiary/aromatic N) is 3. The zero-order valence-electron chi connectivity index (χ0n) is 16.3. The summed E-state index contributed by atoms with van der Waals surface area (Å²) in [5, 5.41) is 0.337. The molecule has 4 aromatic rings. The lowest BCUT2D eigenvalue weighted by Gasteiger charge is -2.13. The maximum Gasteiger partial charge on any atom is 0.262 e. The minimum absolute atomic E-state index is 0.0371. The number of aromatic amines is 1. The third-order valence-electron chi connectivity index (χ3n) is 4.18. The van der Waals surface area contributed by atoms with E-state index < -0.39 is 15.8 Å². The minimum atomic E-state index is -4.21. The van der Waals surface area contributed by atoms with E-state index in [4.69, 9.17) is 24.6 Å². The lowest BCUT2D eigenvalue weighted by atomic mass is 10.1. The zero-order chi connectivity index (χ0) is 22.3. The Morgan fingerprint density at radius 2 is 1.93 bits per heavy atom. The van der Waals surface area contributed by atoms with Gasteiger partial charge in [-0.15, -0.1) is 0 Å². The normalized spacial score (nSPS) is 12.0. The summed E-state index contributed by atoms with van der Waals surface area (Å²) in [7, 11) is -4.21. The molecule has 0 saturated heterocycles. The Balaban J connectivity index is 1.79. The average molecular weight is 463 g/mol. The van der Waals surface area contributed by atoms with Gasteiger partial charge in [0, 0.05) is 17.8 Å². The summed E-state index contributed by atoms with van der Waals surface area (Å²) in [5.41, 5.74) is 0.989. The molecule has 0 atom stereocenters. The molecule has 0 unspecified atom stereocenters. The Labute approximate surface area is 182 Å². The number of aryl methyl sites for hydroxylation is 1. The summed E-state index contributed by atoms with van der Waals surface area (Å²) in [6.45, 7) is 1.70. The lowest BCUT2D eigenvalue weighted by Crippen LogP contribution is -2.18. The maximum absolute atomic E-state index is 13.2.